The molecule has 0 atom stereocenters. The van der Waals surface area contributed by atoms with Crippen molar-refractivity contribution in [3.63, 3.8) is 0 Å². The van der Waals surface area contributed by atoms with Gasteiger partial charge in [0.1, 0.15) is 17.2 Å². The Morgan fingerprint density at radius 1 is 1.30 bits per heavy atom. The number of nitrogen functional groups attached to an aromatic ring is 1. The van der Waals surface area contributed by atoms with E-state index in [2.05, 4.69) is 9.97 Å². The molecule has 0 amide bonds. The fraction of sp³-hybridized carbons (Fsp3) is 0.0769. The molecule has 8 nitrogen and oxygen atoms in total. The molecule has 0 saturated carbocycles. The largest absolute Gasteiger partial charge is 0.464 e. The fourth-order valence-electron chi connectivity index (χ4n) is 2.22. The maximum absolute atomic E-state index is 13.8. The number of carboxylic acid groups (broad SMARTS) is 1. The van der Waals surface area contributed by atoms with Crippen LogP contribution in [0.4, 0.5) is 19.5 Å². The number of rotatable bonds is 2. The zero-order chi connectivity index (χ0) is 16.7. The van der Waals surface area contributed by atoms with Gasteiger partial charge in [-0.3, -0.25) is 4.57 Å². The molecule has 0 bridgehead atoms. The summed E-state index contributed by atoms with van der Waals surface area (Å²) < 4.78 is 28.8. The average Bonchev–Trinajstić information content (AvgIpc) is 2.75. The predicted molar refractivity (Wildman–Crippen MR) is 75.1 cm³/mol. The summed E-state index contributed by atoms with van der Waals surface area (Å²) in [6.45, 7) is -0.537. The van der Waals surface area contributed by atoms with Crippen LogP contribution in [0.15, 0.2) is 29.2 Å². The van der Waals surface area contributed by atoms with Crippen LogP contribution in [0, 0.1) is 11.6 Å². The highest BCUT2D eigenvalue weighted by Crippen LogP contribution is 2.17. The van der Waals surface area contributed by atoms with E-state index in [0.29, 0.717) is 4.57 Å². The van der Waals surface area contributed by atoms with E-state index >= 15 is 0 Å². The number of fused-ring (bicyclic) bond motifs is 1. The standard InChI is InChI=1S/C13H9F2N5O3/c14-7-2-1-3-8(15)6(7)5-19-10-9(4-17-11(16)18-10)20(12(19)21)13(22)23/h1-4H,5H2,(H,22,23)(H2,16,17,18). The van der Waals surface area contributed by atoms with Gasteiger partial charge < -0.3 is 10.8 Å². The lowest BCUT2D eigenvalue weighted by Gasteiger charge is -2.05. The summed E-state index contributed by atoms with van der Waals surface area (Å²) in [7, 11) is 0. The maximum atomic E-state index is 13.8. The number of nitrogens with two attached hydrogens (primary N) is 1. The van der Waals surface area contributed by atoms with E-state index in [-0.39, 0.29) is 17.1 Å². The minimum atomic E-state index is -1.57. The SMILES string of the molecule is Nc1ncc2c(n1)n(Cc1c(F)cccc1F)c(=O)n2C(=O)O. The molecule has 3 N–H and O–H groups in total. The van der Waals surface area contributed by atoms with E-state index in [1.807, 2.05) is 0 Å². The number of hydrogen-bond donors (Lipinski definition) is 2. The Kier molecular flexibility index (Phi) is 3.28. The van der Waals surface area contributed by atoms with Gasteiger partial charge in [-0.1, -0.05) is 6.07 Å². The quantitative estimate of drug-likeness (QED) is 0.728. The third-order valence-electron chi connectivity index (χ3n) is 3.26. The van der Waals surface area contributed by atoms with Crippen LogP contribution in [0.1, 0.15) is 5.56 Å². The van der Waals surface area contributed by atoms with Crippen LogP contribution < -0.4 is 11.4 Å². The highest BCUT2D eigenvalue weighted by atomic mass is 19.1. The first kappa shape index (κ1) is 14.6. The molecule has 2 aromatic heterocycles. The fourth-order valence-corrected chi connectivity index (χ4v) is 2.22. The minimum Gasteiger partial charge on any atom is -0.464 e. The highest BCUT2D eigenvalue weighted by molar-refractivity contribution is 5.83. The molecule has 0 spiro atoms. The molecule has 118 valence electrons. The summed E-state index contributed by atoms with van der Waals surface area (Å²) in [6, 6.07) is 3.24. The van der Waals surface area contributed by atoms with Crippen molar-refractivity contribution in [1.29, 1.82) is 0 Å². The molecule has 0 aliphatic rings. The summed E-state index contributed by atoms with van der Waals surface area (Å²) >= 11 is 0. The predicted octanol–water partition coefficient (Wildman–Crippen LogP) is 1.03. The van der Waals surface area contributed by atoms with Crippen LogP contribution in [0.2, 0.25) is 0 Å². The molecule has 0 unspecified atom stereocenters. The molecular weight excluding hydrogens is 312 g/mol. The third-order valence-corrected chi connectivity index (χ3v) is 3.26. The van der Waals surface area contributed by atoms with Crippen molar-refractivity contribution < 1.29 is 18.7 Å². The van der Waals surface area contributed by atoms with Crippen LogP contribution in [-0.4, -0.2) is 30.3 Å². The van der Waals surface area contributed by atoms with E-state index in [1.165, 1.54) is 6.07 Å². The summed E-state index contributed by atoms with van der Waals surface area (Å²) in [4.78, 5) is 30.9. The zero-order valence-corrected chi connectivity index (χ0v) is 11.4. The second-order valence-electron chi connectivity index (χ2n) is 4.62. The van der Waals surface area contributed by atoms with Crippen molar-refractivity contribution in [3.05, 3.63) is 52.1 Å². The first-order valence-corrected chi connectivity index (χ1v) is 6.30. The summed E-state index contributed by atoms with van der Waals surface area (Å²) in [5.41, 5.74) is 3.77. The van der Waals surface area contributed by atoms with E-state index < -0.39 is 35.5 Å². The monoisotopic (exact) mass is 321 g/mol. The number of aromatic nitrogens is 4. The zero-order valence-electron chi connectivity index (χ0n) is 11.4. The van der Waals surface area contributed by atoms with Crippen LogP contribution in [0.5, 0.6) is 0 Å². The van der Waals surface area contributed by atoms with Crippen molar-refractivity contribution in [1.82, 2.24) is 19.1 Å². The number of anilines is 1. The van der Waals surface area contributed by atoms with Gasteiger partial charge in [-0.2, -0.15) is 9.55 Å². The molecule has 0 radical (unpaired) electrons. The Labute approximate surface area is 126 Å². The van der Waals surface area contributed by atoms with Gasteiger partial charge in [0, 0.05) is 5.56 Å². The van der Waals surface area contributed by atoms with Crippen molar-refractivity contribution >= 4 is 23.2 Å². The number of benzene rings is 1. The Balaban J connectivity index is 2.29. The van der Waals surface area contributed by atoms with Gasteiger partial charge in [0.15, 0.2) is 5.65 Å². The highest BCUT2D eigenvalue weighted by Gasteiger charge is 2.21. The second kappa shape index (κ2) is 5.16. The van der Waals surface area contributed by atoms with Gasteiger partial charge in [0.25, 0.3) is 0 Å². The Hall–Kier alpha value is -3.30. The van der Waals surface area contributed by atoms with Gasteiger partial charge in [0.05, 0.1) is 12.7 Å². The van der Waals surface area contributed by atoms with Gasteiger partial charge in [0.2, 0.25) is 5.95 Å². The van der Waals surface area contributed by atoms with Gasteiger partial charge in [-0.05, 0) is 12.1 Å². The Morgan fingerprint density at radius 3 is 2.57 bits per heavy atom. The number of halogens is 2. The summed E-state index contributed by atoms with van der Waals surface area (Å²) in [6.07, 6.45) is -0.511. The van der Waals surface area contributed by atoms with Crippen LogP contribution >= 0.6 is 0 Å². The molecule has 0 fully saturated rings. The van der Waals surface area contributed by atoms with Gasteiger partial charge >= 0.3 is 11.8 Å². The van der Waals surface area contributed by atoms with E-state index in [1.54, 1.807) is 0 Å². The molecule has 3 rings (SSSR count). The lowest BCUT2D eigenvalue weighted by atomic mass is 10.2. The Morgan fingerprint density at radius 2 is 1.96 bits per heavy atom. The molecule has 0 aliphatic heterocycles. The van der Waals surface area contributed by atoms with E-state index in [0.717, 1.165) is 22.9 Å². The lowest BCUT2D eigenvalue weighted by Crippen LogP contribution is -2.29. The second-order valence-corrected chi connectivity index (χ2v) is 4.62. The molecule has 0 saturated heterocycles. The maximum Gasteiger partial charge on any atom is 0.420 e. The smallest absolute Gasteiger partial charge is 0.420 e. The lowest BCUT2D eigenvalue weighted by molar-refractivity contribution is 0.196. The molecule has 2 heterocycles. The number of imidazole rings is 1. The van der Waals surface area contributed by atoms with Crippen molar-refractivity contribution in [2.75, 3.05) is 5.73 Å². The van der Waals surface area contributed by atoms with Crippen molar-refractivity contribution in [2.24, 2.45) is 0 Å². The van der Waals surface area contributed by atoms with Crippen LogP contribution in [0.25, 0.3) is 11.2 Å². The summed E-state index contributed by atoms with van der Waals surface area (Å²) in [5.74, 6) is -1.94. The Bertz CT molecular complexity index is 975. The normalized spacial score (nSPS) is 11.0. The van der Waals surface area contributed by atoms with Crippen LogP contribution in [0.3, 0.4) is 0 Å². The third kappa shape index (κ3) is 2.29. The number of nitrogens with zero attached hydrogens (tertiary/aromatic N) is 4. The number of hydrogen-bond acceptors (Lipinski definition) is 5. The molecule has 0 aliphatic carbocycles. The topological polar surface area (TPSA) is 116 Å². The number of carbonyl (C=O) groups is 1. The first-order chi connectivity index (χ1) is 10.9. The molecule has 3 aromatic rings. The minimum absolute atomic E-state index is 0.131. The van der Waals surface area contributed by atoms with Gasteiger partial charge in [-0.25, -0.2) is 23.4 Å². The van der Waals surface area contributed by atoms with Crippen LogP contribution in [-0.2, 0) is 6.54 Å². The molecule has 1 aromatic carbocycles. The average molecular weight is 321 g/mol. The first-order valence-electron chi connectivity index (χ1n) is 6.30. The van der Waals surface area contributed by atoms with Crippen molar-refractivity contribution in [2.45, 2.75) is 6.54 Å². The van der Waals surface area contributed by atoms with E-state index in [4.69, 9.17) is 10.8 Å². The van der Waals surface area contributed by atoms with E-state index in [9.17, 15) is 18.4 Å². The molecule has 23 heavy (non-hydrogen) atoms. The van der Waals surface area contributed by atoms with Gasteiger partial charge in [-0.15, -0.1) is 0 Å². The van der Waals surface area contributed by atoms with Crippen molar-refractivity contribution in [3.8, 4) is 0 Å². The summed E-state index contributed by atoms with van der Waals surface area (Å²) in [5, 5.41) is 9.14. The molecule has 10 heteroatoms. The molecular formula is C13H9F2N5O3.